The van der Waals surface area contributed by atoms with Crippen LogP contribution in [0.5, 0.6) is 0 Å². The molecule has 3 N–H and O–H groups in total. The van der Waals surface area contributed by atoms with Crippen LogP contribution in [0.4, 0.5) is 4.79 Å². The first-order valence-electron chi connectivity index (χ1n) is 6.96. The number of carboxylic acid groups (broad SMARTS) is 1. The highest BCUT2D eigenvalue weighted by molar-refractivity contribution is 5.83. The summed E-state index contributed by atoms with van der Waals surface area (Å²) in [6, 6.07) is -1.33. The molecule has 1 aliphatic carbocycles. The summed E-state index contributed by atoms with van der Waals surface area (Å²) in [6.07, 6.45) is 3.09. The minimum Gasteiger partial charge on any atom is -0.480 e. The summed E-state index contributed by atoms with van der Waals surface area (Å²) in [7, 11) is 1.66. The lowest BCUT2D eigenvalue weighted by atomic mass is 9.87. The number of hydrogen-bond donors (Lipinski definition) is 3. The van der Waals surface area contributed by atoms with E-state index in [9.17, 15) is 9.59 Å². The fraction of sp³-hybridized carbons (Fsp3) is 0.857. The SMILES string of the molecule is COCCC1(CNC(=O)N[C@@H](C(=O)O)C(C)(C)C)CC1. The van der Waals surface area contributed by atoms with Crippen molar-refractivity contribution < 1.29 is 19.4 Å². The predicted molar refractivity (Wildman–Crippen MR) is 75.6 cm³/mol. The Hall–Kier alpha value is -1.30. The largest absolute Gasteiger partial charge is 0.480 e. The molecule has 1 rings (SSSR count). The maximum atomic E-state index is 11.8. The van der Waals surface area contributed by atoms with E-state index >= 15 is 0 Å². The number of rotatable bonds is 7. The van der Waals surface area contributed by atoms with Crippen molar-refractivity contribution in [1.29, 1.82) is 0 Å². The standard InChI is InChI=1S/C14H26N2O4/c1-13(2,3)10(11(17)18)16-12(19)15-9-14(5-6-14)7-8-20-4/h10H,5-9H2,1-4H3,(H,17,18)(H2,15,16,19)/t10-/m0/s1. The number of methoxy groups -OCH3 is 1. The lowest BCUT2D eigenvalue weighted by Gasteiger charge is -2.28. The number of urea groups is 1. The zero-order valence-corrected chi connectivity index (χ0v) is 12.8. The Kier molecular flexibility index (Phi) is 5.39. The van der Waals surface area contributed by atoms with Gasteiger partial charge >= 0.3 is 12.0 Å². The Bertz CT molecular complexity index is 359. The van der Waals surface area contributed by atoms with Crippen molar-refractivity contribution in [1.82, 2.24) is 10.6 Å². The fourth-order valence-electron chi connectivity index (χ4n) is 2.11. The first-order valence-corrected chi connectivity index (χ1v) is 6.96. The van der Waals surface area contributed by atoms with Gasteiger partial charge in [-0.2, -0.15) is 0 Å². The summed E-state index contributed by atoms with van der Waals surface area (Å²) in [4.78, 5) is 23.0. The second-order valence-electron chi connectivity index (χ2n) is 6.71. The van der Waals surface area contributed by atoms with Crippen molar-refractivity contribution in [3.8, 4) is 0 Å². The fourth-order valence-corrected chi connectivity index (χ4v) is 2.11. The van der Waals surface area contributed by atoms with E-state index in [-0.39, 0.29) is 5.41 Å². The number of amides is 2. The van der Waals surface area contributed by atoms with Gasteiger partial charge in [-0.3, -0.25) is 0 Å². The molecule has 0 bridgehead atoms. The van der Waals surface area contributed by atoms with Crippen molar-refractivity contribution in [3.63, 3.8) is 0 Å². The predicted octanol–water partition coefficient (Wildman–Crippen LogP) is 1.60. The van der Waals surface area contributed by atoms with Crippen LogP contribution in [0.1, 0.15) is 40.0 Å². The van der Waals surface area contributed by atoms with Gasteiger partial charge in [-0.05, 0) is 30.1 Å². The van der Waals surface area contributed by atoms with E-state index in [1.165, 1.54) is 0 Å². The van der Waals surface area contributed by atoms with Crippen LogP contribution in [0.2, 0.25) is 0 Å². The maximum Gasteiger partial charge on any atom is 0.326 e. The van der Waals surface area contributed by atoms with Crippen molar-refractivity contribution in [2.75, 3.05) is 20.3 Å². The molecule has 0 aliphatic heterocycles. The molecule has 2 amide bonds. The molecular weight excluding hydrogens is 260 g/mol. The first-order chi connectivity index (χ1) is 9.20. The lowest BCUT2D eigenvalue weighted by Crippen LogP contribution is -2.52. The van der Waals surface area contributed by atoms with Gasteiger partial charge in [0, 0.05) is 20.3 Å². The molecule has 116 valence electrons. The van der Waals surface area contributed by atoms with Crippen LogP contribution in [0.15, 0.2) is 0 Å². The molecule has 0 radical (unpaired) electrons. The third kappa shape index (κ3) is 5.00. The molecule has 1 aliphatic rings. The zero-order valence-electron chi connectivity index (χ0n) is 12.8. The number of nitrogens with one attached hydrogen (secondary N) is 2. The monoisotopic (exact) mass is 286 g/mol. The summed E-state index contributed by atoms with van der Waals surface area (Å²) in [5.74, 6) is -1.02. The molecule has 0 aromatic carbocycles. The number of carbonyl (C=O) groups is 2. The Balaban J connectivity index is 2.41. The van der Waals surface area contributed by atoms with Gasteiger partial charge in [-0.15, -0.1) is 0 Å². The van der Waals surface area contributed by atoms with Gasteiger partial charge in [0.05, 0.1) is 0 Å². The maximum absolute atomic E-state index is 11.8. The molecule has 0 aromatic heterocycles. The van der Waals surface area contributed by atoms with Crippen LogP contribution in [0.3, 0.4) is 0 Å². The van der Waals surface area contributed by atoms with Gasteiger partial charge in [-0.1, -0.05) is 20.8 Å². The van der Waals surface area contributed by atoms with Gasteiger partial charge in [0.25, 0.3) is 0 Å². The molecule has 0 unspecified atom stereocenters. The minimum atomic E-state index is -1.02. The van der Waals surface area contributed by atoms with Gasteiger partial charge in [0.2, 0.25) is 0 Å². The van der Waals surface area contributed by atoms with E-state index < -0.39 is 23.5 Å². The molecule has 0 heterocycles. The third-order valence-electron chi connectivity index (χ3n) is 3.81. The Morgan fingerprint density at radius 1 is 1.35 bits per heavy atom. The van der Waals surface area contributed by atoms with Gasteiger partial charge < -0.3 is 20.5 Å². The van der Waals surface area contributed by atoms with Crippen LogP contribution >= 0.6 is 0 Å². The summed E-state index contributed by atoms with van der Waals surface area (Å²) in [6.45, 7) is 6.61. The highest BCUT2D eigenvalue weighted by Crippen LogP contribution is 2.48. The van der Waals surface area contributed by atoms with Gasteiger partial charge in [0.15, 0.2) is 0 Å². The second kappa shape index (κ2) is 6.43. The summed E-state index contributed by atoms with van der Waals surface area (Å²) >= 11 is 0. The Labute approximate surface area is 120 Å². The van der Waals surface area contributed by atoms with Crippen LogP contribution in [-0.2, 0) is 9.53 Å². The number of hydrogen-bond acceptors (Lipinski definition) is 3. The van der Waals surface area contributed by atoms with Crippen LogP contribution in [-0.4, -0.2) is 43.4 Å². The third-order valence-corrected chi connectivity index (χ3v) is 3.81. The van der Waals surface area contributed by atoms with Crippen LogP contribution in [0.25, 0.3) is 0 Å². The molecule has 1 saturated carbocycles. The smallest absolute Gasteiger partial charge is 0.326 e. The average Bonchev–Trinajstić information content (AvgIpc) is 3.10. The normalized spacial score (nSPS) is 18.2. The van der Waals surface area contributed by atoms with E-state index in [0.717, 1.165) is 19.3 Å². The molecule has 1 atom stereocenters. The summed E-state index contributed by atoms with van der Waals surface area (Å²) in [5, 5.41) is 14.5. The molecule has 0 saturated heterocycles. The van der Waals surface area contributed by atoms with E-state index in [1.807, 2.05) is 0 Å². The Morgan fingerprint density at radius 2 is 1.95 bits per heavy atom. The number of ether oxygens (including phenoxy) is 1. The topological polar surface area (TPSA) is 87.7 Å². The van der Waals surface area contributed by atoms with Gasteiger partial charge in [-0.25, -0.2) is 9.59 Å². The van der Waals surface area contributed by atoms with Gasteiger partial charge in [0.1, 0.15) is 6.04 Å². The highest BCUT2D eigenvalue weighted by atomic mass is 16.5. The van der Waals surface area contributed by atoms with Crippen molar-refractivity contribution >= 4 is 12.0 Å². The van der Waals surface area contributed by atoms with Crippen molar-refractivity contribution in [2.24, 2.45) is 10.8 Å². The molecular formula is C14H26N2O4. The van der Waals surface area contributed by atoms with Crippen molar-refractivity contribution in [3.05, 3.63) is 0 Å². The molecule has 0 spiro atoms. The molecule has 0 aromatic rings. The van der Waals surface area contributed by atoms with Crippen LogP contribution in [0, 0.1) is 10.8 Å². The highest BCUT2D eigenvalue weighted by Gasteiger charge is 2.42. The van der Waals surface area contributed by atoms with Crippen LogP contribution < -0.4 is 10.6 Å². The second-order valence-corrected chi connectivity index (χ2v) is 6.71. The van der Waals surface area contributed by atoms with E-state index in [2.05, 4.69) is 10.6 Å². The van der Waals surface area contributed by atoms with E-state index in [4.69, 9.17) is 9.84 Å². The Morgan fingerprint density at radius 3 is 2.35 bits per heavy atom. The summed E-state index contributed by atoms with van der Waals surface area (Å²) in [5.41, 5.74) is -0.385. The quantitative estimate of drug-likeness (QED) is 0.663. The lowest BCUT2D eigenvalue weighted by molar-refractivity contribution is -0.141. The average molecular weight is 286 g/mol. The molecule has 6 nitrogen and oxygen atoms in total. The molecule has 6 heteroatoms. The van der Waals surface area contributed by atoms with Crippen molar-refractivity contribution in [2.45, 2.75) is 46.1 Å². The molecule has 20 heavy (non-hydrogen) atoms. The first kappa shape index (κ1) is 16.8. The molecule has 1 fully saturated rings. The van der Waals surface area contributed by atoms with E-state index in [0.29, 0.717) is 13.2 Å². The number of carboxylic acids is 1. The summed E-state index contributed by atoms with van der Waals surface area (Å²) < 4.78 is 5.06. The minimum absolute atomic E-state index is 0.147. The number of aliphatic carboxylic acids is 1. The number of carbonyl (C=O) groups excluding carboxylic acids is 1. The van der Waals surface area contributed by atoms with E-state index in [1.54, 1.807) is 27.9 Å². The zero-order chi connectivity index (χ0) is 15.4.